The first-order valence-electron chi connectivity index (χ1n) is 29.1. The Kier molecular flexibility index (Phi) is 12.5. The molecule has 0 atom stereocenters. The Morgan fingerprint density at radius 3 is 1.49 bits per heavy atom. The van der Waals surface area contributed by atoms with E-state index >= 15 is 0 Å². The number of hydrogen-bond acceptors (Lipinski definition) is 2. The van der Waals surface area contributed by atoms with Gasteiger partial charge in [0.1, 0.15) is 0 Å². The minimum Gasteiger partial charge on any atom is -0.311 e. The van der Waals surface area contributed by atoms with Gasteiger partial charge in [-0.3, -0.25) is 0 Å². The molecule has 0 fully saturated rings. The van der Waals surface area contributed by atoms with E-state index in [0.29, 0.717) is 0 Å². The molecular formula is C75H85BN2. The topological polar surface area (TPSA) is 6.48 Å². The van der Waals surface area contributed by atoms with Gasteiger partial charge in [-0.05, 0) is 178 Å². The van der Waals surface area contributed by atoms with E-state index in [1.165, 1.54) is 117 Å². The van der Waals surface area contributed by atoms with Crippen LogP contribution in [0.5, 0.6) is 0 Å². The summed E-state index contributed by atoms with van der Waals surface area (Å²) in [7, 11) is 0. The molecule has 0 radical (unpaired) electrons. The van der Waals surface area contributed by atoms with E-state index in [1.54, 1.807) is 0 Å². The fourth-order valence-corrected chi connectivity index (χ4v) is 13.0. The minimum absolute atomic E-state index is 0.00267. The van der Waals surface area contributed by atoms with Crippen LogP contribution in [0, 0.1) is 0 Å². The molecular weight excluding hydrogens is 940 g/mol. The maximum absolute atomic E-state index is 2.73. The summed E-state index contributed by atoms with van der Waals surface area (Å²) >= 11 is 0. The van der Waals surface area contributed by atoms with Gasteiger partial charge in [-0.1, -0.05) is 234 Å². The average molecular weight is 1030 g/mol. The molecule has 0 N–H and O–H groups in total. The van der Waals surface area contributed by atoms with E-state index in [-0.39, 0.29) is 44.6 Å². The van der Waals surface area contributed by atoms with Crippen LogP contribution in [0.4, 0.5) is 34.1 Å². The van der Waals surface area contributed by atoms with E-state index in [2.05, 4.69) is 298 Å². The zero-order valence-electron chi connectivity index (χ0n) is 50.5. The Morgan fingerprint density at radius 2 is 0.859 bits per heavy atom. The van der Waals surface area contributed by atoms with Gasteiger partial charge in [0.15, 0.2) is 0 Å². The summed E-state index contributed by atoms with van der Waals surface area (Å²) in [4.78, 5) is 5.39. The Labute approximate surface area is 470 Å². The van der Waals surface area contributed by atoms with Crippen LogP contribution >= 0.6 is 0 Å². The second kappa shape index (κ2) is 18.2. The van der Waals surface area contributed by atoms with Crippen molar-refractivity contribution < 1.29 is 0 Å². The Hall–Kier alpha value is -6.58. The van der Waals surface area contributed by atoms with Gasteiger partial charge in [0.25, 0.3) is 6.71 Å². The van der Waals surface area contributed by atoms with Crippen molar-refractivity contribution in [1.29, 1.82) is 0 Å². The fourth-order valence-electron chi connectivity index (χ4n) is 13.0. The average Bonchev–Trinajstić information content (AvgIpc) is 3.50. The Morgan fingerprint density at radius 1 is 0.346 bits per heavy atom. The van der Waals surface area contributed by atoms with Gasteiger partial charge in [-0.15, -0.1) is 0 Å². The predicted molar refractivity (Wildman–Crippen MR) is 340 cm³/mol. The highest BCUT2D eigenvalue weighted by molar-refractivity contribution is 7.00. The largest absolute Gasteiger partial charge is 0.311 e. The molecule has 0 aromatic heterocycles. The number of nitrogens with zero attached hydrogens (tertiary/aromatic N) is 2. The molecule has 11 rings (SSSR count). The van der Waals surface area contributed by atoms with Gasteiger partial charge < -0.3 is 9.80 Å². The summed E-state index contributed by atoms with van der Waals surface area (Å²) < 4.78 is 0. The Balaban J connectivity index is 1.26. The molecule has 8 aromatic rings. The van der Waals surface area contributed by atoms with Crippen molar-refractivity contribution in [2.24, 2.45) is 0 Å². The van der Waals surface area contributed by atoms with Crippen molar-refractivity contribution in [3.63, 3.8) is 0 Å². The molecule has 0 unspecified atom stereocenters. The van der Waals surface area contributed by atoms with Crippen LogP contribution in [0.15, 0.2) is 164 Å². The lowest BCUT2D eigenvalue weighted by Crippen LogP contribution is -2.62. The van der Waals surface area contributed by atoms with Crippen LogP contribution < -0.4 is 26.2 Å². The molecule has 0 saturated heterocycles. The molecule has 0 amide bonds. The quantitative estimate of drug-likeness (QED) is 0.153. The number of anilines is 6. The first-order valence-corrected chi connectivity index (χ1v) is 29.1. The summed E-state index contributed by atoms with van der Waals surface area (Å²) in [6, 6.07) is 64.6. The standard InChI is InChI=1S/C75H85BN2/c1-69(2,3)51-32-30-48(31-33-51)49-24-22-25-50(40-49)58-42-54(71(7,8)9)35-37-63(58)78-65-47-60-59(73(13,14)38-39-74(60,15)16)46-62(65)76-61-36-34-55(75(17,18)52-26-20-19-21-27-52)43-64(61)77(57-29-23-28-53(41-57)70(4,5)6)66-44-56(72(10,11)12)45-67(78)68(66)76/h19-37,40-47H,38-39H2,1-18H3. The molecule has 0 bridgehead atoms. The van der Waals surface area contributed by atoms with Crippen molar-refractivity contribution in [3.05, 3.63) is 208 Å². The molecule has 398 valence electrons. The van der Waals surface area contributed by atoms with Gasteiger partial charge >= 0.3 is 0 Å². The molecule has 2 nitrogen and oxygen atoms in total. The minimum atomic E-state index is -0.243. The van der Waals surface area contributed by atoms with E-state index < -0.39 is 0 Å². The third kappa shape index (κ3) is 9.16. The van der Waals surface area contributed by atoms with Crippen LogP contribution in [0.25, 0.3) is 22.3 Å². The highest BCUT2D eigenvalue weighted by atomic mass is 15.2. The van der Waals surface area contributed by atoms with Crippen molar-refractivity contribution in [3.8, 4) is 22.3 Å². The van der Waals surface area contributed by atoms with Crippen LogP contribution in [-0.4, -0.2) is 6.71 Å². The van der Waals surface area contributed by atoms with Gasteiger partial charge in [-0.2, -0.15) is 0 Å². The highest BCUT2D eigenvalue weighted by Gasteiger charge is 2.48. The third-order valence-electron chi connectivity index (χ3n) is 18.5. The molecule has 3 aliphatic rings. The summed E-state index contributed by atoms with van der Waals surface area (Å²) in [5.74, 6) is 0. The van der Waals surface area contributed by atoms with E-state index in [9.17, 15) is 0 Å². The van der Waals surface area contributed by atoms with Crippen molar-refractivity contribution in [2.75, 3.05) is 9.80 Å². The third-order valence-corrected chi connectivity index (χ3v) is 18.5. The zero-order chi connectivity index (χ0) is 55.9. The van der Waals surface area contributed by atoms with Crippen LogP contribution in [0.1, 0.15) is 182 Å². The van der Waals surface area contributed by atoms with Gasteiger partial charge in [0.05, 0.1) is 5.69 Å². The van der Waals surface area contributed by atoms with Crippen LogP contribution in [0.2, 0.25) is 0 Å². The van der Waals surface area contributed by atoms with Gasteiger partial charge in [0, 0.05) is 39.4 Å². The van der Waals surface area contributed by atoms with Gasteiger partial charge in [0.2, 0.25) is 0 Å². The summed E-state index contributed by atoms with van der Waals surface area (Å²) in [6.07, 6.45) is 2.29. The Bertz CT molecular complexity index is 3630. The van der Waals surface area contributed by atoms with E-state index in [4.69, 9.17) is 0 Å². The molecule has 2 aliphatic heterocycles. The molecule has 0 spiro atoms. The fraction of sp³-hybridized carbons (Fsp3) is 0.360. The van der Waals surface area contributed by atoms with Gasteiger partial charge in [-0.25, -0.2) is 0 Å². The molecule has 3 heteroatoms. The maximum Gasteiger partial charge on any atom is 0.252 e. The van der Waals surface area contributed by atoms with Crippen molar-refractivity contribution >= 4 is 57.2 Å². The lowest BCUT2D eigenvalue weighted by atomic mass is 9.33. The lowest BCUT2D eigenvalue weighted by molar-refractivity contribution is 0.332. The maximum atomic E-state index is 2.73. The second-order valence-corrected chi connectivity index (χ2v) is 29.5. The zero-order valence-corrected chi connectivity index (χ0v) is 50.5. The number of rotatable bonds is 6. The molecule has 1 aliphatic carbocycles. The SMILES string of the molecule is CC(C)(C)c1ccc(-c2cccc(-c3cc(C(C)(C)C)ccc3N3c4cc5c(cc4B4c6ccc(C(C)(C)c7ccccc7)cc6N(c6cccc(C(C)(C)C)c6)c6cc(C(C)(C)C)cc3c64)C(C)(C)CCC5(C)C)c2)cc1. The van der Waals surface area contributed by atoms with E-state index in [0.717, 1.165) is 12.8 Å². The summed E-state index contributed by atoms with van der Waals surface area (Å²) in [5.41, 5.74) is 27.0. The van der Waals surface area contributed by atoms with Crippen LogP contribution in [-0.2, 0) is 37.9 Å². The smallest absolute Gasteiger partial charge is 0.252 e. The number of hydrogen-bond donors (Lipinski definition) is 0. The first-order chi connectivity index (χ1) is 36.4. The normalized spacial score (nSPS) is 15.8. The highest BCUT2D eigenvalue weighted by Crippen LogP contribution is 2.53. The molecule has 8 aromatic carbocycles. The van der Waals surface area contributed by atoms with E-state index in [1.807, 2.05) is 0 Å². The van der Waals surface area contributed by atoms with Crippen LogP contribution in [0.3, 0.4) is 0 Å². The second-order valence-electron chi connectivity index (χ2n) is 29.5. The number of fused-ring (bicyclic) bond motifs is 5. The van der Waals surface area contributed by atoms with Crippen molar-refractivity contribution in [2.45, 2.75) is 175 Å². The summed E-state index contributed by atoms with van der Waals surface area (Å²) in [6.45, 7) is 42.9. The monoisotopic (exact) mass is 1020 g/mol. The molecule has 2 heterocycles. The van der Waals surface area contributed by atoms with Crippen molar-refractivity contribution in [1.82, 2.24) is 0 Å². The number of benzene rings is 8. The molecule has 0 saturated carbocycles. The summed E-state index contributed by atoms with van der Waals surface area (Å²) in [5, 5.41) is 0. The molecule has 78 heavy (non-hydrogen) atoms. The predicted octanol–water partition coefficient (Wildman–Crippen LogP) is 19.0. The lowest BCUT2D eigenvalue weighted by Gasteiger charge is -2.48. The first kappa shape index (κ1) is 53.4.